The third-order valence-corrected chi connectivity index (χ3v) is 6.98. The molecular formula is C26H43N3O. The quantitative estimate of drug-likeness (QED) is 0.567. The van der Waals surface area contributed by atoms with E-state index < -0.39 is 0 Å². The first-order valence-corrected chi connectivity index (χ1v) is 12.8. The summed E-state index contributed by atoms with van der Waals surface area (Å²) in [5.74, 6) is 0.375. The summed E-state index contributed by atoms with van der Waals surface area (Å²) in [4.78, 5) is 20.6. The van der Waals surface area contributed by atoms with E-state index in [0.717, 1.165) is 50.9 Å². The van der Waals surface area contributed by atoms with Crippen LogP contribution in [0.5, 0.6) is 0 Å². The lowest BCUT2D eigenvalue weighted by molar-refractivity contribution is -0.120. The second-order valence-electron chi connectivity index (χ2n) is 9.34. The summed E-state index contributed by atoms with van der Waals surface area (Å²) >= 11 is 0. The minimum Gasteiger partial charge on any atom is -0.370 e. The van der Waals surface area contributed by atoms with Crippen LogP contribution in [0.4, 0.5) is 11.4 Å². The minimum atomic E-state index is 0.151. The number of anilines is 2. The third-order valence-electron chi connectivity index (χ3n) is 6.98. The summed E-state index contributed by atoms with van der Waals surface area (Å²) < 4.78 is 0. The molecule has 0 atom stereocenters. The van der Waals surface area contributed by atoms with Crippen molar-refractivity contribution in [3.05, 3.63) is 17.5 Å². The number of amides is 1. The number of pyridine rings is 1. The highest BCUT2D eigenvalue weighted by Gasteiger charge is 2.24. The van der Waals surface area contributed by atoms with Crippen molar-refractivity contribution < 1.29 is 4.79 Å². The van der Waals surface area contributed by atoms with Gasteiger partial charge in [-0.15, -0.1) is 0 Å². The first-order valence-electron chi connectivity index (χ1n) is 12.8. The Morgan fingerprint density at radius 1 is 0.967 bits per heavy atom. The molecule has 4 nitrogen and oxygen atoms in total. The molecule has 0 aromatic carbocycles. The van der Waals surface area contributed by atoms with Crippen molar-refractivity contribution in [3.8, 4) is 0 Å². The summed E-state index contributed by atoms with van der Waals surface area (Å²) in [6.07, 6.45) is 19.9. The number of nitrogens with one attached hydrogen (secondary N) is 1. The van der Waals surface area contributed by atoms with Crippen LogP contribution in [0.15, 0.2) is 6.20 Å². The summed E-state index contributed by atoms with van der Waals surface area (Å²) in [7, 11) is 0. The van der Waals surface area contributed by atoms with Crippen LogP contribution < -0.4 is 10.2 Å². The highest BCUT2D eigenvalue weighted by Crippen LogP contribution is 2.35. The molecule has 2 fully saturated rings. The number of carbonyl (C=O) groups excluding carboxylic acids is 1. The lowest BCUT2D eigenvalue weighted by Crippen LogP contribution is -2.32. The highest BCUT2D eigenvalue weighted by molar-refractivity contribution is 5.96. The van der Waals surface area contributed by atoms with Crippen molar-refractivity contribution in [2.24, 2.45) is 5.92 Å². The average Bonchev–Trinajstić information content (AvgIpc) is 2.78. The van der Waals surface area contributed by atoms with E-state index in [1.807, 2.05) is 6.20 Å². The van der Waals surface area contributed by atoms with Crippen LogP contribution in [0.3, 0.4) is 0 Å². The van der Waals surface area contributed by atoms with Gasteiger partial charge in [0.25, 0.3) is 0 Å². The molecule has 4 heteroatoms. The monoisotopic (exact) mass is 413 g/mol. The van der Waals surface area contributed by atoms with Crippen molar-refractivity contribution in [1.29, 1.82) is 0 Å². The Hall–Kier alpha value is -1.58. The standard InChI is InChI=1S/C26H43N3O/c1-3-15-22-23(4-2)27-20-24(25(22)29-18-13-10-14-19-29)28-26(30)21-16-11-8-6-5-7-9-12-17-21/h20-21H,3-19H2,1-2H3,(H,28,30). The summed E-state index contributed by atoms with van der Waals surface area (Å²) in [6.45, 7) is 6.62. The Labute approximate surface area is 184 Å². The van der Waals surface area contributed by atoms with Gasteiger partial charge in [0.05, 0.1) is 17.6 Å². The fourth-order valence-electron chi connectivity index (χ4n) is 5.27. The first kappa shape index (κ1) is 23.1. The fourth-order valence-corrected chi connectivity index (χ4v) is 5.27. The normalized spacial score (nSPS) is 19.5. The van der Waals surface area contributed by atoms with Crippen molar-refractivity contribution in [2.45, 2.75) is 110 Å². The maximum atomic E-state index is 13.3. The van der Waals surface area contributed by atoms with E-state index in [1.54, 1.807) is 0 Å². The van der Waals surface area contributed by atoms with Crippen LogP contribution >= 0.6 is 0 Å². The average molecular weight is 414 g/mol. The van der Waals surface area contributed by atoms with E-state index in [9.17, 15) is 4.79 Å². The lowest BCUT2D eigenvalue weighted by Gasteiger charge is -2.33. The number of aromatic nitrogens is 1. The molecule has 30 heavy (non-hydrogen) atoms. The Morgan fingerprint density at radius 3 is 2.17 bits per heavy atom. The molecule has 1 amide bonds. The Bertz CT molecular complexity index is 656. The van der Waals surface area contributed by atoms with Gasteiger partial charge in [0, 0.05) is 24.7 Å². The second kappa shape index (κ2) is 12.3. The number of carbonyl (C=O) groups is 1. The highest BCUT2D eigenvalue weighted by atomic mass is 16.1. The molecule has 0 unspecified atom stereocenters. The summed E-state index contributed by atoms with van der Waals surface area (Å²) in [6, 6.07) is 0. The Kier molecular flexibility index (Phi) is 9.48. The van der Waals surface area contributed by atoms with Crippen LogP contribution in [0.2, 0.25) is 0 Å². The van der Waals surface area contributed by atoms with E-state index in [-0.39, 0.29) is 11.8 Å². The zero-order chi connectivity index (χ0) is 21.2. The van der Waals surface area contributed by atoms with Crippen LogP contribution in [-0.4, -0.2) is 24.0 Å². The molecule has 1 aliphatic heterocycles. The predicted molar refractivity (Wildman–Crippen MR) is 127 cm³/mol. The van der Waals surface area contributed by atoms with Gasteiger partial charge in [-0.3, -0.25) is 9.78 Å². The Morgan fingerprint density at radius 2 is 1.57 bits per heavy atom. The van der Waals surface area contributed by atoms with Crippen molar-refractivity contribution in [2.75, 3.05) is 23.3 Å². The topological polar surface area (TPSA) is 45.2 Å². The van der Waals surface area contributed by atoms with Gasteiger partial charge in [-0.25, -0.2) is 0 Å². The molecule has 0 radical (unpaired) electrons. The molecule has 168 valence electrons. The molecule has 2 aliphatic rings. The first-order chi connectivity index (χ1) is 14.7. The maximum absolute atomic E-state index is 13.3. The molecule has 3 rings (SSSR count). The minimum absolute atomic E-state index is 0.151. The van der Waals surface area contributed by atoms with Gasteiger partial charge in [-0.05, 0) is 50.5 Å². The molecule has 1 aromatic heterocycles. The molecule has 1 N–H and O–H groups in total. The summed E-state index contributed by atoms with van der Waals surface area (Å²) in [5.41, 5.74) is 4.80. The zero-order valence-electron chi connectivity index (χ0n) is 19.5. The molecule has 0 spiro atoms. The van der Waals surface area contributed by atoms with Crippen LogP contribution in [0, 0.1) is 5.92 Å². The number of nitrogens with zero attached hydrogens (tertiary/aromatic N) is 2. The Balaban J connectivity index is 1.83. The number of rotatable bonds is 6. The molecule has 2 heterocycles. The number of hydrogen-bond acceptors (Lipinski definition) is 3. The smallest absolute Gasteiger partial charge is 0.227 e. The van der Waals surface area contributed by atoms with Crippen molar-refractivity contribution in [3.63, 3.8) is 0 Å². The molecule has 1 saturated heterocycles. The molecule has 1 aromatic rings. The van der Waals surface area contributed by atoms with E-state index in [2.05, 4.69) is 24.1 Å². The molecule has 0 bridgehead atoms. The van der Waals surface area contributed by atoms with E-state index in [0.29, 0.717) is 0 Å². The van der Waals surface area contributed by atoms with E-state index in [1.165, 1.54) is 81.2 Å². The number of aryl methyl sites for hydroxylation is 1. The van der Waals surface area contributed by atoms with E-state index >= 15 is 0 Å². The van der Waals surface area contributed by atoms with Crippen LogP contribution in [0.1, 0.15) is 109 Å². The third kappa shape index (κ3) is 6.21. The van der Waals surface area contributed by atoms with Crippen molar-refractivity contribution in [1.82, 2.24) is 4.98 Å². The van der Waals surface area contributed by atoms with Gasteiger partial charge in [0.1, 0.15) is 0 Å². The SMILES string of the molecule is CCCc1c(CC)ncc(NC(=O)C2CCCCCCCCC2)c1N1CCCCC1. The van der Waals surface area contributed by atoms with Gasteiger partial charge < -0.3 is 10.2 Å². The largest absolute Gasteiger partial charge is 0.370 e. The maximum Gasteiger partial charge on any atom is 0.227 e. The number of hydrogen-bond donors (Lipinski definition) is 1. The molecule has 1 aliphatic carbocycles. The van der Waals surface area contributed by atoms with Gasteiger partial charge in [-0.1, -0.05) is 65.2 Å². The molecular weight excluding hydrogens is 370 g/mol. The van der Waals surface area contributed by atoms with Gasteiger partial charge in [-0.2, -0.15) is 0 Å². The van der Waals surface area contributed by atoms with Crippen molar-refractivity contribution >= 4 is 17.3 Å². The lowest BCUT2D eigenvalue weighted by atomic mass is 9.91. The molecule has 1 saturated carbocycles. The number of piperidine rings is 1. The van der Waals surface area contributed by atoms with Gasteiger partial charge >= 0.3 is 0 Å². The van der Waals surface area contributed by atoms with E-state index in [4.69, 9.17) is 4.98 Å². The van der Waals surface area contributed by atoms with Gasteiger partial charge in [0.15, 0.2) is 0 Å². The zero-order valence-corrected chi connectivity index (χ0v) is 19.5. The second-order valence-corrected chi connectivity index (χ2v) is 9.34. The predicted octanol–water partition coefficient (Wildman–Crippen LogP) is 6.67. The summed E-state index contributed by atoms with van der Waals surface area (Å²) in [5, 5.41) is 3.37. The van der Waals surface area contributed by atoms with Crippen LogP contribution in [-0.2, 0) is 17.6 Å². The fraction of sp³-hybridized carbons (Fsp3) is 0.769. The van der Waals surface area contributed by atoms with Gasteiger partial charge in [0.2, 0.25) is 5.91 Å². The van der Waals surface area contributed by atoms with Crippen LogP contribution in [0.25, 0.3) is 0 Å².